The fourth-order valence-electron chi connectivity index (χ4n) is 2.02. The van der Waals surface area contributed by atoms with Crippen molar-refractivity contribution in [3.63, 3.8) is 0 Å². The van der Waals surface area contributed by atoms with Crippen LogP contribution in [-0.4, -0.2) is 18.5 Å². The molecule has 2 N–H and O–H groups in total. The van der Waals surface area contributed by atoms with Crippen molar-refractivity contribution in [3.8, 4) is 0 Å². The summed E-state index contributed by atoms with van der Waals surface area (Å²) >= 11 is 0. The molecule has 4 nitrogen and oxygen atoms in total. The van der Waals surface area contributed by atoms with E-state index in [1.54, 1.807) is 0 Å². The van der Waals surface area contributed by atoms with Gasteiger partial charge in [0.1, 0.15) is 6.17 Å². The zero-order chi connectivity index (χ0) is 14.3. The summed E-state index contributed by atoms with van der Waals surface area (Å²) in [4.78, 5) is 21.7. The topological polar surface area (TPSA) is 58.2 Å². The molecule has 1 aromatic carbocycles. The molecule has 0 saturated heterocycles. The number of carbonyl (C=O) groups is 2. The summed E-state index contributed by atoms with van der Waals surface area (Å²) in [5.74, 6) is -0.167. The van der Waals surface area contributed by atoms with E-state index in [-0.39, 0.29) is 12.1 Å². The Balaban J connectivity index is 2.89. The van der Waals surface area contributed by atoms with E-state index in [0.29, 0.717) is 12.8 Å². The van der Waals surface area contributed by atoms with Crippen LogP contribution in [0.5, 0.6) is 0 Å². The average molecular weight is 260 g/mol. The molecule has 0 saturated carbocycles. The maximum Gasteiger partial charge on any atom is 0.218 e. The van der Waals surface area contributed by atoms with Crippen LogP contribution < -0.4 is 10.6 Å². The van der Waals surface area contributed by atoms with Gasteiger partial charge >= 0.3 is 0 Å². The smallest absolute Gasteiger partial charge is 0.218 e. The van der Waals surface area contributed by atoms with E-state index >= 15 is 0 Å². The molecule has 4 heteroatoms. The molecular formula is C15H20N2O2. The van der Waals surface area contributed by atoms with Gasteiger partial charge in [-0.05, 0) is 30.5 Å². The standard InChI is InChI=1S/C15H20N2O2/c1-4-13(14-8-6-5-7-11(14)2)9-15(16-10-18)17-12(3)19/h4-8,10,15H,9H2,1-3H3,(H,16,18)(H,17,19)/b13-4-/t15-/m1/s1. The van der Waals surface area contributed by atoms with E-state index in [9.17, 15) is 9.59 Å². The van der Waals surface area contributed by atoms with Crippen LogP contribution in [0.1, 0.15) is 31.4 Å². The van der Waals surface area contributed by atoms with Crippen LogP contribution in [0.15, 0.2) is 30.3 Å². The lowest BCUT2D eigenvalue weighted by molar-refractivity contribution is -0.120. The molecule has 0 bridgehead atoms. The Labute approximate surface area is 113 Å². The van der Waals surface area contributed by atoms with Gasteiger partial charge in [0.15, 0.2) is 0 Å². The maximum absolute atomic E-state index is 11.1. The molecule has 0 aromatic heterocycles. The molecule has 1 aromatic rings. The van der Waals surface area contributed by atoms with Gasteiger partial charge in [-0.15, -0.1) is 0 Å². The number of amides is 2. The van der Waals surface area contributed by atoms with Crippen molar-refractivity contribution in [3.05, 3.63) is 41.5 Å². The van der Waals surface area contributed by atoms with E-state index in [1.165, 1.54) is 12.5 Å². The first-order valence-corrected chi connectivity index (χ1v) is 6.26. The monoisotopic (exact) mass is 260 g/mol. The molecule has 0 aliphatic rings. The third-order valence-corrected chi connectivity index (χ3v) is 2.91. The first-order chi connectivity index (χ1) is 9.08. The predicted molar refractivity (Wildman–Crippen MR) is 76.3 cm³/mol. The van der Waals surface area contributed by atoms with Crippen LogP contribution in [0.25, 0.3) is 5.57 Å². The summed E-state index contributed by atoms with van der Waals surface area (Å²) in [5.41, 5.74) is 3.39. The normalized spacial score (nSPS) is 12.7. The van der Waals surface area contributed by atoms with Gasteiger partial charge in [0.2, 0.25) is 12.3 Å². The molecule has 1 rings (SSSR count). The van der Waals surface area contributed by atoms with Gasteiger partial charge in [-0.1, -0.05) is 30.3 Å². The highest BCUT2D eigenvalue weighted by atomic mass is 16.2. The molecule has 0 fully saturated rings. The van der Waals surface area contributed by atoms with Gasteiger partial charge in [0, 0.05) is 13.3 Å². The molecule has 0 radical (unpaired) electrons. The van der Waals surface area contributed by atoms with E-state index < -0.39 is 0 Å². The number of allylic oxidation sites excluding steroid dienone is 1. The SMILES string of the molecule is C/C=C(/C[C@H](NC=O)NC(C)=O)c1ccccc1C. The molecule has 102 valence electrons. The largest absolute Gasteiger partial charge is 0.338 e. The molecule has 0 heterocycles. The second-order valence-electron chi connectivity index (χ2n) is 4.37. The van der Waals surface area contributed by atoms with E-state index in [4.69, 9.17) is 0 Å². The van der Waals surface area contributed by atoms with Crippen LogP contribution in [-0.2, 0) is 9.59 Å². The van der Waals surface area contributed by atoms with Crippen LogP contribution in [0.3, 0.4) is 0 Å². The molecule has 1 atom stereocenters. The predicted octanol–water partition coefficient (Wildman–Crippen LogP) is 2.00. The minimum atomic E-state index is -0.388. The number of carbonyl (C=O) groups excluding carboxylic acids is 2. The van der Waals surface area contributed by atoms with Crippen LogP contribution >= 0.6 is 0 Å². The summed E-state index contributed by atoms with van der Waals surface area (Å²) in [6.45, 7) is 5.43. The van der Waals surface area contributed by atoms with Crippen molar-refractivity contribution < 1.29 is 9.59 Å². The quantitative estimate of drug-likeness (QED) is 0.607. The lowest BCUT2D eigenvalue weighted by Gasteiger charge is -2.19. The van der Waals surface area contributed by atoms with Crippen molar-refractivity contribution in [2.45, 2.75) is 33.4 Å². The Bertz CT molecular complexity index is 481. The maximum atomic E-state index is 11.1. The third-order valence-electron chi connectivity index (χ3n) is 2.91. The zero-order valence-electron chi connectivity index (χ0n) is 11.6. The summed E-state index contributed by atoms with van der Waals surface area (Å²) in [6, 6.07) is 8.04. The number of hydrogen-bond donors (Lipinski definition) is 2. The van der Waals surface area contributed by atoms with Crippen molar-refractivity contribution in [2.24, 2.45) is 0 Å². The van der Waals surface area contributed by atoms with E-state index in [2.05, 4.69) is 10.6 Å². The van der Waals surface area contributed by atoms with Crippen molar-refractivity contribution in [1.29, 1.82) is 0 Å². The van der Waals surface area contributed by atoms with Gasteiger partial charge in [-0.2, -0.15) is 0 Å². The minimum absolute atomic E-state index is 0.167. The Hall–Kier alpha value is -2.10. The van der Waals surface area contributed by atoms with Crippen LogP contribution in [0, 0.1) is 6.92 Å². The van der Waals surface area contributed by atoms with E-state index in [0.717, 1.165) is 11.1 Å². The molecule has 0 aliphatic heterocycles. The van der Waals surface area contributed by atoms with E-state index in [1.807, 2.05) is 44.2 Å². The zero-order valence-corrected chi connectivity index (χ0v) is 11.6. The highest BCUT2D eigenvalue weighted by Gasteiger charge is 2.13. The molecule has 0 unspecified atom stereocenters. The molecule has 2 amide bonds. The summed E-state index contributed by atoms with van der Waals surface area (Å²) in [6.07, 6.45) is 2.77. The first kappa shape index (κ1) is 15.0. The second kappa shape index (κ2) is 7.36. The Morgan fingerprint density at radius 3 is 2.58 bits per heavy atom. The molecule has 0 aliphatic carbocycles. The highest BCUT2D eigenvalue weighted by molar-refractivity contribution is 5.75. The fourth-order valence-corrected chi connectivity index (χ4v) is 2.02. The Morgan fingerprint density at radius 1 is 1.37 bits per heavy atom. The summed E-state index contributed by atoms with van der Waals surface area (Å²) in [5, 5.41) is 5.33. The highest BCUT2D eigenvalue weighted by Crippen LogP contribution is 2.22. The van der Waals surface area contributed by atoms with Crippen molar-refractivity contribution in [1.82, 2.24) is 10.6 Å². The first-order valence-electron chi connectivity index (χ1n) is 6.26. The minimum Gasteiger partial charge on any atom is -0.338 e. The van der Waals surface area contributed by atoms with Crippen molar-refractivity contribution in [2.75, 3.05) is 0 Å². The molecular weight excluding hydrogens is 240 g/mol. The Morgan fingerprint density at radius 2 is 2.05 bits per heavy atom. The fraction of sp³-hybridized carbons (Fsp3) is 0.333. The third kappa shape index (κ3) is 4.58. The lowest BCUT2D eigenvalue weighted by Crippen LogP contribution is -2.44. The van der Waals surface area contributed by atoms with Crippen LogP contribution in [0.4, 0.5) is 0 Å². The van der Waals surface area contributed by atoms with Gasteiger partial charge in [0.25, 0.3) is 0 Å². The average Bonchev–Trinajstić information content (AvgIpc) is 2.36. The lowest BCUT2D eigenvalue weighted by atomic mass is 9.97. The molecule has 0 spiro atoms. The van der Waals surface area contributed by atoms with Crippen molar-refractivity contribution >= 4 is 17.9 Å². The van der Waals surface area contributed by atoms with Crippen LogP contribution in [0.2, 0.25) is 0 Å². The molecule has 19 heavy (non-hydrogen) atoms. The number of benzene rings is 1. The second-order valence-corrected chi connectivity index (χ2v) is 4.37. The summed E-state index contributed by atoms with van der Waals surface area (Å²) < 4.78 is 0. The number of hydrogen-bond acceptors (Lipinski definition) is 2. The summed E-state index contributed by atoms with van der Waals surface area (Å²) in [7, 11) is 0. The Kier molecular flexibility index (Phi) is 5.79. The number of aryl methyl sites for hydroxylation is 1. The van der Waals surface area contributed by atoms with Gasteiger partial charge in [-0.3, -0.25) is 9.59 Å². The number of rotatable bonds is 6. The van der Waals surface area contributed by atoms with Gasteiger partial charge in [-0.25, -0.2) is 0 Å². The van der Waals surface area contributed by atoms with Gasteiger partial charge in [0.05, 0.1) is 0 Å². The van der Waals surface area contributed by atoms with Gasteiger partial charge < -0.3 is 10.6 Å². The number of nitrogens with one attached hydrogen (secondary N) is 2.